The molecule has 0 saturated heterocycles. The van der Waals surface area contributed by atoms with E-state index in [0.717, 1.165) is 5.56 Å². The zero-order valence-electron chi connectivity index (χ0n) is 12.5. The van der Waals surface area contributed by atoms with Crippen LogP contribution in [0.5, 0.6) is 0 Å². The van der Waals surface area contributed by atoms with Gasteiger partial charge in [0.05, 0.1) is 4.92 Å². The van der Waals surface area contributed by atoms with E-state index in [4.69, 9.17) is 0 Å². The summed E-state index contributed by atoms with van der Waals surface area (Å²) in [6.45, 7) is 4.26. The van der Waals surface area contributed by atoms with Crippen molar-refractivity contribution in [3.05, 3.63) is 81.4 Å². The molecule has 22 heavy (non-hydrogen) atoms. The van der Waals surface area contributed by atoms with Crippen LogP contribution in [0.15, 0.2) is 54.6 Å². The first-order valence-corrected chi connectivity index (χ1v) is 7.04. The van der Waals surface area contributed by atoms with Crippen LogP contribution in [0.1, 0.15) is 41.3 Å². The first-order chi connectivity index (χ1) is 10.5. The zero-order chi connectivity index (χ0) is 16.1. The quantitative estimate of drug-likeness (QED) is 0.350. The lowest BCUT2D eigenvalue weighted by Crippen LogP contribution is -1.95. The molecular weight excluding hydrogens is 278 g/mol. The number of rotatable bonds is 5. The van der Waals surface area contributed by atoms with E-state index in [1.807, 2.05) is 24.3 Å². The SMILES string of the molecule is CC(C)c1ccc(/C=C\C(=O)c2ccc([N+](=O)[O-])cc2)cc1. The van der Waals surface area contributed by atoms with Crippen LogP contribution in [-0.4, -0.2) is 10.7 Å². The second kappa shape index (κ2) is 6.80. The summed E-state index contributed by atoms with van der Waals surface area (Å²) < 4.78 is 0. The van der Waals surface area contributed by atoms with E-state index in [-0.39, 0.29) is 11.5 Å². The van der Waals surface area contributed by atoms with Crippen LogP contribution in [0.3, 0.4) is 0 Å². The maximum Gasteiger partial charge on any atom is 0.269 e. The molecule has 0 aliphatic carbocycles. The minimum atomic E-state index is -0.486. The number of nitrogens with zero attached hydrogens (tertiary/aromatic N) is 1. The van der Waals surface area contributed by atoms with E-state index >= 15 is 0 Å². The van der Waals surface area contributed by atoms with E-state index in [1.165, 1.54) is 35.9 Å². The molecule has 112 valence electrons. The van der Waals surface area contributed by atoms with Crippen molar-refractivity contribution in [3.63, 3.8) is 0 Å². The Labute approximate surface area is 129 Å². The molecule has 0 aliphatic heterocycles. The Kier molecular flexibility index (Phi) is 4.84. The topological polar surface area (TPSA) is 60.2 Å². The number of non-ortho nitro benzene ring substituents is 1. The second-order valence-corrected chi connectivity index (χ2v) is 5.32. The Morgan fingerprint density at radius 1 is 1.05 bits per heavy atom. The van der Waals surface area contributed by atoms with Crippen LogP contribution in [0.25, 0.3) is 6.08 Å². The number of nitro groups is 1. The second-order valence-electron chi connectivity index (χ2n) is 5.32. The summed E-state index contributed by atoms with van der Waals surface area (Å²) in [5, 5.41) is 10.6. The fraction of sp³-hybridized carbons (Fsp3) is 0.167. The van der Waals surface area contributed by atoms with Crippen molar-refractivity contribution >= 4 is 17.5 Å². The Morgan fingerprint density at radius 2 is 1.64 bits per heavy atom. The van der Waals surface area contributed by atoms with Crippen LogP contribution in [-0.2, 0) is 0 Å². The average molecular weight is 295 g/mol. The molecule has 0 aliphatic rings. The third-order valence-corrected chi connectivity index (χ3v) is 3.39. The number of allylic oxidation sites excluding steroid dienone is 1. The van der Waals surface area contributed by atoms with E-state index in [9.17, 15) is 14.9 Å². The van der Waals surface area contributed by atoms with Crippen LogP contribution < -0.4 is 0 Å². The summed E-state index contributed by atoms with van der Waals surface area (Å²) in [6, 6.07) is 13.6. The molecule has 0 N–H and O–H groups in total. The summed E-state index contributed by atoms with van der Waals surface area (Å²) in [4.78, 5) is 22.1. The lowest BCUT2D eigenvalue weighted by atomic mass is 10.0. The minimum absolute atomic E-state index is 0.0233. The van der Waals surface area contributed by atoms with Crippen LogP contribution in [0.2, 0.25) is 0 Å². The van der Waals surface area contributed by atoms with Crippen molar-refractivity contribution in [2.45, 2.75) is 19.8 Å². The molecule has 4 heteroatoms. The molecule has 0 bridgehead atoms. The molecule has 0 saturated carbocycles. The number of benzene rings is 2. The lowest BCUT2D eigenvalue weighted by Gasteiger charge is -2.04. The van der Waals surface area contributed by atoms with Crippen molar-refractivity contribution < 1.29 is 9.72 Å². The van der Waals surface area contributed by atoms with E-state index in [2.05, 4.69) is 13.8 Å². The van der Waals surface area contributed by atoms with Crippen molar-refractivity contribution in [2.24, 2.45) is 0 Å². The van der Waals surface area contributed by atoms with Gasteiger partial charge in [0.15, 0.2) is 5.78 Å². The summed E-state index contributed by atoms with van der Waals surface area (Å²) in [5.41, 5.74) is 2.60. The van der Waals surface area contributed by atoms with Gasteiger partial charge in [0.25, 0.3) is 5.69 Å². The highest BCUT2D eigenvalue weighted by Crippen LogP contribution is 2.16. The van der Waals surface area contributed by atoms with Crippen LogP contribution >= 0.6 is 0 Å². The maximum absolute atomic E-state index is 12.0. The fourth-order valence-corrected chi connectivity index (χ4v) is 2.01. The number of carbonyl (C=O) groups is 1. The summed E-state index contributed by atoms with van der Waals surface area (Å²) in [6.07, 6.45) is 3.22. The third kappa shape index (κ3) is 3.88. The standard InChI is InChI=1S/C18H17NO3/c1-13(2)15-6-3-14(4-7-15)5-12-18(20)16-8-10-17(11-9-16)19(21)22/h3-13H,1-2H3/b12-5-. The van der Waals surface area contributed by atoms with Crippen molar-refractivity contribution in [2.75, 3.05) is 0 Å². The predicted octanol–water partition coefficient (Wildman–Crippen LogP) is 4.61. The average Bonchev–Trinajstić information content (AvgIpc) is 2.53. The van der Waals surface area contributed by atoms with Crippen molar-refractivity contribution in [1.29, 1.82) is 0 Å². The zero-order valence-corrected chi connectivity index (χ0v) is 12.5. The van der Waals surface area contributed by atoms with Gasteiger partial charge < -0.3 is 0 Å². The number of hydrogen-bond donors (Lipinski definition) is 0. The first kappa shape index (κ1) is 15.6. The van der Waals surface area contributed by atoms with E-state index < -0.39 is 4.92 Å². The molecule has 0 unspecified atom stereocenters. The predicted molar refractivity (Wildman–Crippen MR) is 87.0 cm³/mol. The molecule has 2 aromatic rings. The Morgan fingerprint density at radius 3 is 2.14 bits per heavy atom. The summed E-state index contributed by atoms with van der Waals surface area (Å²) >= 11 is 0. The molecule has 0 fully saturated rings. The minimum Gasteiger partial charge on any atom is -0.289 e. The molecule has 2 rings (SSSR count). The number of hydrogen-bond acceptors (Lipinski definition) is 3. The van der Waals surface area contributed by atoms with Gasteiger partial charge in [-0.25, -0.2) is 0 Å². The molecule has 4 nitrogen and oxygen atoms in total. The van der Waals surface area contributed by atoms with Gasteiger partial charge in [-0.05, 0) is 35.3 Å². The lowest BCUT2D eigenvalue weighted by molar-refractivity contribution is -0.384. The van der Waals surface area contributed by atoms with Gasteiger partial charge in [-0.2, -0.15) is 0 Å². The molecule has 0 atom stereocenters. The highest BCUT2D eigenvalue weighted by atomic mass is 16.6. The Bertz CT molecular complexity index is 698. The molecule has 0 radical (unpaired) electrons. The Balaban J connectivity index is 2.08. The molecular formula is C18H17NO3. The molecule has 0 spiro atoms. The van der Waals surface area contributed by atoms with E-state index in [1.54, 1.807) is 6.08 Å². The van der Waals surface area contributed by atoms with Gasteiger partial charge in [-0.3, -0.25) is 14.9 Å². The smallest absolute Gasteiger partial charge is 0.269 e. The van der Waals surface area contributed by atoms with Gasteiger partial charge in [-0.15, -0.1) is 0 Å². The fourth-order valence-electron chi connectivity index (χ4n) is 2.01. The van der Waals surface area contributed by atoms with Gasteiger partial charge in [0.1, 0.15) is 0 Å². The maximum atomic E-state index is 12.0. The van der Waals surface area contributed by atoms with Gasteiger partial charge >= 0.3 is 0 Å². The monoisotopic (exact) mass is 295 g/mol. The van der Waals surface area contributed by atoms with Crippen molar-refractivity contribution in [3.8, 4) is 0 Å². The Hall–Kier alpha value is -2.75. The van der Waals surface area contributed by atoms with Crippen molar-refractivity contribution in [1.82, 2.24) is 0 Å². The van der Waals surface area contributed by atoms with Gasteiger partial charge in [-0.1, -0.05) is 44.2 Å². The molecule has 0 amide bonds. The first-order valence-electron chi connectivity index (χ1n) is 7.04. The molecule has 0 heterocycles. The number of ketones is 1. The third-order valence-electron chi connectivity index (χ3n) is 3.39. The highest BCUT2D eigenvalue weighted by molar-refractivity contribution is 6.06. The largest absolute Gasteiger partial charge is 0.289 e. The number of carbonyl (C=O) groups excluding carboxylic acids is 1. The van der Waals surface area contributed by atoms with Crippen LogP contribution in [0, 0.1) is 10.1 Å². The highest BCUT2D eigenvalue weighted by Gasteiger charge is 2.07. The molecule has 0 aromatic heterocycles. The van der Waals surface area contributed by atoms with Gasteiger partial charge in [0, 0.05) is 17.7 Å². The summed E-state index contributed by atoms with van der Waals surface area (Å²) in [5.74, 6) is 0.294. The molecule has 2 aromatic carbocycles. The normalized spacial score (nSPS) is 11.0. The van der Waals surface area contributed by atoms with E-state index in [0.29, 0.717) is 11.5 Å². The summed E-state index contributed by atoms with van der Waals surface area (Å²) in [7, 11) is 0. The van der Waals surface area contributed by atoms with Gasteiger partial charge in [0.2, 0.25) is 0 Å². The number of nitro benzene ring substituents is 1. The van der Waals surface area contributed by atoms with Crippen LogP contribution in [0.4, 0.5) is 5.69 Å².